The van der Waals surface area contributed by atoms with Crippen molar-refractivity contribution in [2.45, 2.75) is 6.42 Å². The molecular weight excluding hydrogens is 421 g/mol. The number of H-pyrrole nitrogens is 1. The fraction of sp³-hybridized carbons (Fsp3) is 0.227. The number of halogens is 2. The van der Waals surface area contributed by atoms with Crippen molar-refractivity contribution >= 4 is 53.7 Å². The van der Waals surface area contributed by atoms with Crippen molar-refractivity contribution < 1.29 is 4.79 Å². The molecule has 156 valence electrons. The van der Waals surface area contributed by atoms with Crippen LogP contribution in [-0.4, -0.2) is 49.1 Å². The van der Waals surface area contributed by atoms with Crippen molar-refractivity contribution in [3.8, 4) is 11.3 Å². The number of aliphatic imine (C=N–C) groups is 2. The summed E-state index contributed by atoms with van der Waals surface area (Å²) in [7, 11) is 0. The van der Waals surface area contributed by atoms with Crippen molar-refractivity contribution in [1.29, 1.82) is 0 Å². The monoisotopic (exact) mass is 443 g/mol. The van der Waals surface area contributed by atoms with Gasteiger partial charge in [0.25, 0.3) is 0 Å². The zero-order valence-corrected chi connectivity index (χ0v) is 17.9. The first-order chi connectivity index (χ1) is 13.8. The van der Waals surface area contributed by atoms with Crippen LogP contribution < -0.4 is 10.6 Å². The number of amidine groups is 2. The van der Waals surface area contributed by atoms with Crippen molar-refractivity contribution in [3.63, 3.8) is 0 Å². The highest BCUT2D eigenvalue weighted by atomic mass is 35.5. The fourth-order valence-electron chi connectivity index (χ4n) is 3.92. The number of carbonyl (C=O) groups is 1. The van der Waals surface area contributed by atoms with Crippen LogP contribution in [0.1, 0.15) is 16.7 Å². The van der Waals surface area contributed by atoms with Crippen LogP contribution in [0.15, 0.2) is 52.4 Å². The highest BCUT2D eigenvalue weighted by molar-refractivity contribution is 6.04. The molecule has 1 aromatic heterocycles. The largest absolute Gasteiger partial charge is 0.368 e. The second-order valence-electron chi connectivity index (χ2n) is 7.00. The van der Waals surface area contributed by atoms with E-state index in [4.69, 9.17) is 0 Å². The Labute approximate surface area is 187 Å². The molecule has 0 atom stereocenters. The summed E-state index contributed by atoms with van der Waals surface area (Å²) < 4.78 is 0. The first kappa shape index (κ1) is 21.9. The van der Waals surface area contributed by atoms with E-state index in [1.54, 1.807) is 0 Å². The van der Waals surface area contributed by atoms with E-state index in [-0.39, 0.29) is 24.8 Å². The van der Waals surface area contributed by atoms with E-state index in [1.165, 1.54) is 0 Å². The van der Waals surface area contributed by atoms with Gasteiger partial charge in [0.2, 0.25) is 0 Å². The molecule has 3 N–H and O–H groups in total. The molecule has 8 heteroatoms. The summed E-state index contributed by atoms with van der Waals surface area (Å²) in [6.45, 7) is 3.41. The number of fused-ring (bicyclic) bond motifs is 1. The number of nitrogens with zero attached hydrogens (tertiary/aromatic N) is 2. The lowest BCUT2D eigenvalue weighted by molar-refractivity contribution is -0.107. The van der Waals surface area contributed by atoms with Gasteiger partial charge in [-0.25, -0.2) is 0 Å². The number of aldehydes is 1. The molecule has 0 bridgehead atoms. The lowest BCUT2D eigenvalue weighted by atomic mass is 10.0. The van der Waals surface area contributed by atoms with Crippen LogP contribution >= 0.6 is 24.8 Å². The van der Waals surface area contributed by atoms with Gasteiger partial charge in [-0.1, -0.05) is 36.4 Å². The molecule has 0 spiro atoms. The molecule has 0 radical (unpaired) electrons. The molecule has 6 nitrogen and oxygen atoms in total. The molecule has 0 fully saturated rings. The molecule has 3 aromatic rings. The minimum Gasteiger partial charge on any atom is -0.368 e. The Morgan fingerprint density at radius 2 is 1.43 bits per heavy atom. The van der Waals surface area contributed by atoms with Gasteiger partial charge in [-0.3, -0.25) is 9.98 Å². The van der Waals surface area contributed by atoms with Gasteiger partial charge in [-0.15, -0.1) is 24.8 Å². The molecule has 2 aliphatic rings. The summed E-state index contributed by atoms with van der Waals surface area (Å²) in [5.41, 5.74) is 6.26. The van der Waals surface area contributed by atoms with Gasteiger partial charge < -0.3 is 20.4 Å². The molecule has 3 heterocycles. The molecule has 0 unspecified atom stereocenters. The standard InChI is InChI=1S/C22H21N5O.2ClH/c28-12-7-18-17-6-5-16(22-25-10-11-26-22)13-19(17)27-20(18)14-1-3-15(4-2-14)21-23-8-9-24-21;;/h1-6,12-13,27H,7-11H2,(H,23,24)(H,25,26);2*1H. The predicted molar refractivity (Wildman–Crippen MR) is 127 cm³/mol. The fourth-order valence-corrected chi connectivity index (χ4v) is 3.92. The lowest BCUT2D eigenvalue weighted by Gasteiger charge is -2.06. The maximum absolute atomic E-state index is 11.3. The highest BCUT2D eigenvalue weighted by Crippen LogP contribution is 2.31. The molecule has 0 saturated heterocycles. The summed E-state index contributed by atoms with van der Waals surface area (Å²) in [5.74, 6) is 1.88. The van der Waals surface area contributed by atoms with Crippen LogP contribution in [-0.2, 0) is 11.2 Å². The highest BCUT2D eigenvalue weighted by Gasteiger charge is 2.16. The van der Waals surface area contributed by atoms with Crippen molar-refractivity contribution in [1.82, 2.24) is 15.6 Å². The number of aromatic nitrogens is 1. The molecule has 30 heavy (non-hydrogen) atoms. The van der Waals surface area contributed by atoms with Crippen LogP contribution in [0, 0.1) is 0 Å². The Hall–Kier alpha value is -2.83. The molecular formula is C22H23Cl2N5O. The first-order valence-corrected chi connectivity index (χ1v) is 9.59. The van der Waals surface area contributed by atoms with Gasteiger partial charge >= 0.3 is 0 Å². The lowest BCUT2D eigenvalue weighted by Crippen LogP contribution is -2.19. The van der Waals surface area contributed by atoms with Gasteiger partial charge in [-0.2, -0.15) is 0 Å². The van der Waals surface area contributed by atoms with Gasteiger partial charge in [0.15, 0.2) is 0 Å². The maximum Gasteiger partial charge on any atom is 0.128 e. The number of hydrogen-bond donors (Lipinski definition) is 3. The zero-order valence-electron chi connectivity index (χ0n) is 16.3. The topological polar surface area (TPSA) is 81.6 Å². The number of hydrogen-bond acceptors (Lipinski definition) is 5. The average molecular weight is 444 g/mol. The molecule has 5 rings (SSSR count). The molecule has 0 amide bonds. The van der Waals surface area contributed by atoms with Crippen LogP contribution in [0.4, 0.5) is 0 Å². The number of aromatic amines is 1. The van der Waals surface area contributed by atoms with Gasteiger partial charge in [0.05, 0.1) is 18.8 Å². The Morgan fingerprint density at radius 3 is 2.03 bits per heavy atom. The van der Waals surface area contributed by atoms with E-state index in [9.17, 15) is 4.79 Å². The number of benzene rings is 2. The Balaban J connectivity index is 0.00000128. The summed E-state index contributed by atoms with van der Waals surface area (Å²) in [6.07, 6.45) is 1.35. The van der Waals surface area contributed by atoms with Crippen molar-refractivity contribution in [2.75, 3.05) is 26.2 Å². The summed E-state index contributed by atoms with van der Waals surface area (Å²) >= 11 is 0. The van der Waals surface area contributed by atoms with Gasteiger partial charge in [0.1, 0.15) is 18.0 Å². The van der Waals surface area contributed by atoms with Gasteiger partial charge in [0, 0.05) is 41.5 Å². The quantitative estimate of drug-likeness (QED) is 0.529. The Kier molecular flexibility index (Phi) is 6.80. The molecule has 2 aromatic carbocycles. The Morgan fingerprint density at radius 1 is 0.833 bits per heavy atom. The van der Waals surface area contributed by atoms with Crippen LogP contribution in [0.3, 0.4) is 0 Å². The van der Waals surface area contributed by atoms with E-state index in [0.717, 1.165) is 83.0 Å². The predicted octanol–water partition coefficient (Wildman–Crippen LogP) is 3.12. The van der Waals surface area contributed by atoms with Crippen LogP contribution in [0.2, 0.25) is 0 Å². The number of nitrogens with one attached hydrogen (secondary N) is 3. The molecule has 0 saturated carbocycles. The minimum atomic E-state index is 0. The van der Waals surface area contributed by atoms with E-state index in [2.05, 4.69) is 68.1 Å². The normalized spacial score (nSPS) is 14.8. The van der Waals surface area contributed by atoms with Gasteiger partial charge in [-0.05, 0) is 17.2 Å². The van der Waals surface area contributed by atoms with E-state index in [0.29, 0.717) is 6.42 Å². The minimum absolute atomic E-state index is 0. The second-order valence-corrected chi connectivity index (χ2v) is 7.00. The third-order valence-corrected chi connectivity index (χ3v) is 5.26. The second kappa shape index (κ2) is 9.32. The van der Waals surface area contributed by atoms with Crippen molar-refractivity contribution in [2.24, 2.45) is 9.98 Å². The third-order valence-electron chi connectivity index (χ3n) is 5.26. The summed E-state index contributed by atoms with van der Waals surface area (Å²) in [6, 6.07) is 14.6. The molecule has 2 aliphatic heterocycles. The third kappa shape index (κ3) is 3.93. The summed E-state index contributed by atoms with van der Waals surface area (Å²) in [5, 5.41) is 7.69. The van der Waals surface area contributed by atoms with Crippen LogP contribution in [0.25, 0.3) is 22.2 Å². The molecule has 0 aliphatic carbocycles. The van der Waals surface area contributed by atoms with Crippen LogP contribution in [0.5, 0.6) is 0 Å². The SMILES string of the molecule is Cl.Cl.O=CCc1c(-c2ccc(C3=NCCN3)cc2)[nH]c2cc(C3=NCCN3)ccc12. The number of carbonyl (C=O) groups excluding carboxylic acids is 1. The van der Waals surface area contributed by atoms with E-state index < -0.39 is 0 Å². The number of rotatable bonds is 5. The summed E-state index contributed by atoms with van der Waals surface area (Å²) in [4.78, 5) is 23.8. The van der Waals surface area contributed by atoms with Crippen molar-refractivity contribution in [3.05, 3.63) is 59.2 Å². The first-order valence-electron chi connectivity index (χ1n) is 9.59. The Bertz CT molecular complexity index is 1120. The zero-order chi connectivity index (χ0) is 18.9. The average Bonchev–Trinajstić information content (AvgIpc) is 3.49. The smallest absolute Gasteiger partial charge is 0.128 e. The van der Waals surface area contributed by atoms with E-state index >= 15 is 0 Å². The van der Waals surface area contributed by atoms with E-state index in [1.807, 2.05) is 0 Å². The maximum atomic E-state index is 11.3.